The minimum absolute atomic E-state index is 0.101. The topological polar surface area (TPSA) is 54.5 Å². The van der Waals surface area contributed by atoms with Crippen LogP contribution >= 0.6 is 11.6 Å². The molecule has 1 heterocycles. The maximum atomic E-state index is 12.0. The standard InChI is InChI=1S/C21H20ClN3O2/c1-2-25(17-6-4-3-5-7-17)18-10-13-20(23-14-18)24-21(26)15-27-19-11-8-16(22)9-12-19/h3-14H,2,15H2,1H3,(H,23,24,26). The predicted molar refractivity (Wildman–Crippen MR) is 109 cm³/mol. The molecule has 0 aliphatic heterocycles. The van der Waals surface area contributed by atoms with Crippen molar-refractivity contribution in [3.8, 4) is 5.75 Å². The van der Waals surface area contributed by atoms with Gasteiger partial charge in [0.15, 0.2) is 6.61 Å². The second-order valence-corrected chi connectivity index (χ2v) is 6.21. The Balaban J connectivity index is 1.58. The van der Waals surface area contributed by atoms with Crippen LogP contribution in [0.2, 0.25) is 5.02 Å². The number of hydrogen-bond acceptors (Lipinski definition) is 4. The summed E-state index contributed by atoms with van der Waals surface area (Å²) in [5.74, 6) is 0.785. The zero-order valence-corrected chi connectivity index (χ0v) is 15.7. The first-order valence-electron chi connectivity index (χ1n) is 8.62. The predicted octanol–water partition coefficient (Wildman–Crippen LogP) is 4.91. The van der Waals surface area contributed by atoms with Crippen molar-refractivity contribution in [2.24, 2.45) is 0 Å². The third kappa shape index (κ3) is 5.21. The van der Waals surface area contributed by atoms with Gasteiger partial charge in [-0.15, -0.1) is 0 Å². The Morgan fingerprint density at radius 1 is 1.04 bits per heavy atom. The van der Waals surface area contributed by atoms with Gasteiger partial charge in [-0.3, -0.25) is 4.79 Å². The van der Waals surface area contributed by atoms with Gasteiger partial charge >= 0.3 is 0 Å². The number of aromatic nitrogens is 1. The van der Waals surface area contributed by atoms with E-state index in [1.807, 2.05) is 36.4 Å². The molecule has 0 fully saturated rings. The van der Waals surface area contributed by atoms with Gasteiger partial charge in [-0.05, 0) is 55.5 Å². The van der Waals surface area contributed by atoms with E-state index in [0.29, 0.717) is 16.6 Å². The molecule has 6 heteroatoms. The van der Waals surface area contributed by atoms with Crippen LogP contribution in [-0.2, 0) is 4.79 Å². The number of hydrogen-bond donors (Lipinski definition) is 1. The van der Waals surface area contributed by atoms with E-state index in [2.05, 4.69) is 22.1 Å². The van der Waals surface area contributed by atoms with E-state index >= 15 is 0 Å². The zero-order valence-electron chi connectivity index (χ0n) is 14.9. The maximum Gasteiger partial charge on any atom is 0.263 e. The summed E-state index contributed by atoms with van der Waals surface area (Å²) in [4.78, 5) is 18.5. The molecule has 0 unspecified atom stereocenters. The van der Waals surface area contributed by atoms with Gasteiger partial charge in [0.1, 0.15) is 11.6 Å². The highest BCUT2D eigenvalue weighted by molar-refractivity contribution is 6.30. The van der Waals surface area contributed by atoms with Crippen molar-refractivity contribution in [1.82, 2.24) is 4.98 Å². The fourth-order valence-corrected chi connectivity index (χ4v) is 2.73. The number of para-hydroxylation sites is 1. The highest BCUT2D eigenvalue weighted by Gasteiger charge is 2.09. The lowest BCUT2D eigenvalue weighted by Crippen LogP contribution is -2.21. The number of amides is 1. The lowest BCUT2D eigenvalue weighted by molar-refractivity contribution is -0.118. The van der Waals surface area contributed by atoms with E-state index in [0.717, 1.165) is 17.9 Å². The molecule has 0 radical (unpaired) electrons. The highest BCUT2D eigenvalue weighted by atomic mass is 35.5. The van der Waals surface area contributed by atoms with Crippen molar-refractivity contribution < 1.29 is 9.53 Å². The Bertz CT molecular complexity index is 868. The Labute approximate surface area is 163 Å². The SMILES string of the molecule is CCN(c1ccccc1)c1ccc(NC(=O)COc2ccc(Cl)cc2)nc1. The molecule has 27 heavy (non-hydrogen) atoms. The van der Waals surface area contributed by atoms with Crippen LogP contribution < -0.4 is 15.0 Å². The van der Waals surface area contributed by atoms with Crippen molar-refractivity contribution in [2.75, 3.05) is 23.4 Å². The van der Waals surface area contributed by atoms with Gasteiger partial charge in [0, 0.05) is 17.3 Å². The highest BCUT2D eigenvalue weighted by Crippen LogP contribution is 2.24. The van der Waals surface area contributed by atoms with Gasteiger partial charge in [0.05, 0.1) is 11.9 Å². The monoisotopic (exact) mass is 381 g/mol. The minimum atomic E-state index is -0.277. The van der Waals surface area contributed by atoms with Gasteiger partial charge in [0.2, 0.25) is 0 Å². The summed E-state index contributed by atoms with van der Waals surface area (Å²) in [6.45, 7) is 2.79. The van der Waals surface area contributed by atoms with Crippen molar-refractivity contribution in [1.29, 1.82) is 0 Å². The number of carbonyl (C=O) groups is 1. The zero-order chi connectivity index (χ0) is 19.1. The van der Waals surface area contributed by atoms with E-state index in [4.69, 9.17) is 16.3 Å². The molecule has 0 saturated carbocycles. The minimum Gasteiger partial charge on any atom is -0.484 e. The first kappa shape index (κ1) is 18.7. The molecule has 0 aliphatic carbocycles. The number of anilines is 3. The Morgan fingerprint density at radius 2 is 1.78 bits per heavy atom. The number of nitrogens with one attached hydrogen (secondary N) is 1. The third-order valence-electron chi connectivity index (χ3n) is 3.89. The molecule has 1 N–H and O–H groups in total. The molecular formula is C21H20ClN3O2. The molecule has 3 aromatic rings. The molecule has 0 atom stereocenters. The third-order valence-corrected chi connectivity index (χ3v) is 4.15. The van der Waals surface area contributed by atoms with Crippen molar-refractivity contribution >= 4 is 34.7 Å². The van der Waals surface area contributed by atoms with Gasteiger partial charge in [-0.2, -0.15) is 0 Å². The maximum absolute atomic E-state index is 12.0. The van der Waals surface area contributed by atoms with E-state index in [-0.39, 0.29) is 12.5 Å². The average Bonchev–Trinajstić information content (AvgIpc) is 2.70. The number of nitrogens with zero attached hydrogens (tertiary/aromatic N) is 2. The molecule has 5 nitrogen and oxygen atoms in total. The lowest BCUT2D eigenvalue weighted by atomic mass is 10.2. The van der Waals surface area contributed by atoms with Crippen LogP contribution in [0.1, 0.15) is 6.92 Å². The number of rotatable bonds is 7. The van der Waals surface area contributed by atoms with Crippen LogP contribution in [0.4, 0.5) is 17.2 Å². The molecular weight excluding hydrogens is 362 g/mol. The molecule has 1 amide bonds. The molecule has 138 valence electrons. The number of ether oxygens (including phenoxy) is 1. The fourth-order valence-electron chi connectivity index (χ4n) is 2.60. The van der Waals surface area contributed by atoms with E-state index in [1.54, 1.807) is 36.5 Å². The Morgan fingerprint density at radius 3 is 2.41 bits per heavy atom. The second-order valence-electron chi connectivity index (χ2n) is 5.77. The molecule has 0 saturated heterocycles. The van der Waals surface area contributed by atoms with Crippen LogP contribution in [-0.4, -0.2) is 24.0 Å². The smallest absolute Gasteiger partial charge is 0.263 e. The Kier molecular flexibility index (Phi) is 6.28. The van der Waals surface area contributed by atoms with Gasteiger partial charge in [0.25, 0.3) is 5.91 Å². The molecule has 3 rings (SSSR count). The van der Waals surface area contributed by atoms with Gasteiger partial charge in [-0.1, -0.05) is 29.8 Å². The van der Waals surface area contributed by atoms with E-state index < -0.39 is 0 Å². The number of pyridine rings is 1. The van der Waals surface area contributed by atoms with Crippen LogP contribution in [0.5, 0.6) is 5.75 Å². The largest absolute Gasteiger partial charge is 0.484 e. The molecule has 0 bridgehead atoms. The fraction of sp³-hybridized carbons (Fsp3) is 0.143. The summed E-state index contributed by atoms with van der Waals surface area (Å²) in [6.07, 6.45) is 1.74. The molecule has 2 aromatic carbocycles. The molecule has 0 spiro atoms. The van der Waals surface area contributed by atoms with Gasteiger partial charge < -0.3 is 15.0 Å². The normalized spacial score (nSPS) is 10.3. The molecule has 1 aromatic heterocycles. The van der Waals surface area contributed by atoms with E-state index in [9.17, 15) is 4.79 Å². The van der Waals surface area contributed by atoms with Gasteiger partial charge in [-0.25, -0.2) is 4.98 Å². The summed E-state index contributed by atoms with van der Waals surface area (Å²) in [5.41, 5.74) is 2.05. The lowest BCUT2D eigenvalue weighted by Gasteiger charge is -2.23. The van der Waals surface area contributed by atoms with Crippen LogP contribution in [0.15, 0.2) is 72.9 Å². The first-order chi connectivity index (χ1) is 13.2. The van der Waals surface area contributed by atoms with Crippen LogP contribution in [0.25, 0.3) is 0 Å². The quantitative estimate of drug-likeness (QED) is 0.631. The number of carbonyl (C=O) groups excluding carboxylic acids is 1. The van der Waals surface area contributed by atoms with Crippen molar-refractivity contribution in [3.63, 3.8) is 0 Å². The number of halogens is 1. The van der Waals surface area contributed by atoms with Crippen LogP contribution in [0.3, 0.4) is 0 Å². The van der Waals surface area contributed by atoms with Crippen molar-refractivity contribution in [3.05, 3.63) is 77.9 Å². The summed E-state index contributed by atoms with van der Waals surface area (Å²) >= 11 is 5.82. The summed E-state index contributed by atoms with van der Waals surface area (Å²) in [5, 5.41) is 3.35. The first-order valence-corrected chi connectivity index (χ1v) is 9.00. The summed E-state index contributed by atoms with van der Waals surface area (Å²) < 4.78 is 5.43. The Hall–Kier alpha value is -3.05. The van der Waals surface area contributed by atoms with Crippen LogP contribution in [0, 0.1) is 0 Å². The number of benzene rings is 2. The summed E-state index contributed by atoms with van der Waals surface area (Å²) in [6, 6.07) is 20.6. The molecule has 0 aliphatic rings. The average molecular weight is 382 g/mol. The van der Waals surface area contributed by atoms with E-state index in [1.165, 1.54) is 0 Å². The summed E-state index contributed by atoms with van der Waals surface area (Å²) in [7, 11) is 0. The van der Waals surface area contributed by atoms with Crippen molar-refractivity contribution in [2.45, 2.75) is 6.92 Å². The second kappa shape index (κ2) is 9.05.